The van der Waals surface area contributed by atoms with Gasteiger partial charge < -0.3 is 15.1 Å². The second kappa shape index (κ2) is 8.58. The van der Waals surface area contributed by atoms with Crippen molar-refractivity contribution in [2.24, 2.45) is 4.99 Å². The lowest BCUT2D eigenvalue weighted by Crippen LogP contribution is -2.38. The van der Waals surface area contributed by atoms with Crippen LogP contribution in [0.25, 0.3) is 0 Å². The Morgan fingerprint density at radius 1 is 1.32 bits per heavy atom. The normalized spacial score (nSPS) is 11.5. The van der Waals surface area contributed by atoms with Gasteiger partial charge in [-0.1, -0.05) is 15.9 Å². The van der Waals surface area contributed by atoms with E-state index in [-0.39, 0.29) is 5.82 Å². The summed E-state index contributed by atoms with van der Waals surface area (Å²) >= 11 is 3.41. The van der Waals surface area contributed by atoms with Gasteiger partial charge in [-0.05, 0) is 42.8 Å². The monoisotopic (exact) mass is 367 g/mol. The van der Waals surface area contributed by atoms with Crippen LogP contribution in [0, 0.1) is 5.82 Å². The first-order chi connectivity index (χ1) is 10.7. The van der Waals surface area contributed by atoms with E-state index in [0.29, 0.717) is 19.0 Å². The van der Waals surface area contributed by atoms with Gasteiger partial charge in [0.15, 0.2) is 5.96 Å². The number of halogens is 2. The van der Waals surface area contributed by atoms with E-state index >= 15 is 0 Å². The molecule has 0 aliphatic heterocycles. The van der Waals surface area contributed by atoms with Gasteiger partial charge in [0.25, 0.3) is 0 Å². The number of aliphatic imine (C=N–C) groups is 1. The molecule has 118 valence electrons. The second-order valence-electron chi connectivity index (χ2n) is 4.69. The molecule has 6 heteroatoms. The maximum absolute atomic E-state index is 13.3. The third-order valence-electron chi connectivity index (χ3n) is 3.00. The molecule has 1 heterocycles. The Morgan fingerprint density at radius 3 is 2.91 bits per heavy atom. The number of hydrogen-bond donors (Lipinski definition) is 2. The molecule has 0 atom stereocenters. The molecule has 2 rings (SSSR count). The molecular formula is C16H19BrFN3O. The van der Waals surface area contributed by atoms with Crippen LogP contribution in [0.3, 0.4) is 0 Å². The number of guanidine groups is 1. The average Bonchev–Trinajstić information content (AvgIpc) is 3.01. The summed E-state index contributed by atoms with van der Waals surface area (Å²) in [6.45, 7) is 3.87. The van der Waals surface area contributed by atoms with E-state index in [0.717, 1.165) is 28.8 Å². The summed E-state index contributed by atoms with van der Waals surface area (Å²) < 4.78 is 19.4. The highest BCUT2D eigenvalue weighted by molar-refractivity contribution is 9.10. The minimum absolute atomic E-state index is 0.260. The van der Waals surface area contributed by atoms with Gasteiger partial charge in [0.1, 0.15) is 11.6 Å². The van der Waals surface area contributed by atoms with E-state index in [2.05, 4.69) is 31.6 Å². The Kier molecular flexibility index (Phi) is 6.45. The number of nitrogens with one attached hydrogen (secondary N) is 2. The zero-order valence-corrected chi connectivity index (χ0v) is 14.0. The molecule has 1 aromatic heterocycles. The van der Waals surface area contributed by atoms with Gasteiger partial charge in [0.2, 0.25) is 0 Å². The van der Waals surface area contributed by atoms with Crippen LogP contribution in [-0.2, 0) is 13.0 Å². The SMILES string of the molecule is CCNC(=NCc1cc(F)ccc1Br)NCCc1ccco1. The summed E-state index contributed by atoms with van der Waals surface area (Å²) in [4.78, 5) is 4.47. The maximum atomic E-state index is 13.3. The molecule has 0 saturated carbocycles. The standard InChI is InChI=1S/C16H19BrFN3O/c1-2-19-16(20-8-7-14-4-3-9-22-14)21-11-12-10-13(18)5-6-15(12)17/h3-6,9-10H,2,7-8,11H2,1H3,(H2,19,20,21). The summed E-state index contributed by atoms with van der Waals surface area (Å²) in [6, 6.07) is 8.41. The average molecular weight is 368 g/mol. The molecule has 4 nitrogen and oxygen atoms in total. The molecule has 0 spiro atoms. The first-order valence-electron chi connectivity index (χ1n) is 7.17. The van der Waals surface area contributed by atoms with Crippen molar-refractivity contribution in [3.8, 4) is 0 Å². The predicted octanol–water partition coefficient (Wildman–Crippen LogP) is 3.48. The van der Waals surface area contributed by atoms with Crippen molar-refractivity contribution < 1.29 is 8.81 Å². The van der Waals surface area contributed by atoms with E-state index in [4.69, 9.17) is 4.42 Å². The van der Waals surface area contributed by atoms with Gasteiger partial charge in [0, 0.05) is 24.0 Å². The van der Waals surface area contributed by atoms with E-state index in [1.165, 1.54) is 12.1 Å². The van der Waals surface area contributed by atoms with Crippen LogP contribution in [0.2, 0.25) is 0 Å². The molecule has 0 amide bonds. The van der Waals surface area contributed by atoms with Crippen molar-refractivity contribution >= 4 is 21.9 Å². The second-order valence-corrected chi connectivity index (χ2v) is 5.54. The van der Waals surface area contributed by atoms with Gasteiger partial charge in [-0.3, -0.25) is 0 Å². The first-order valence-corrected chi connectivity index (χ1v) is 7.97. The number of benzene rings is 1. The smallest absolute Gasteiger partial charge is 0.191 e. The van der Waals surface area contributed by atoms with Crippen LogP contribution in [0.15, 0.2) is 50.5 Å². The fourth-order valence-corrected chi connectivity index (χ4v) is 2.30. The van der Waals surface area contributed by atoms with Crippen molar-refractivity contribution in [3.63, 3.8) is 0 Å². The Labute approximate surface area is 138 Å². The highest BCUT2D eigenvalue weighted by Crippen LogP contribution is 2.18. The van der Waals surface area contributed by atoms with Crippen molar-refractivity contribution in [1.29, 1.82) is 0 Å². The van der Waals surface area contributed by atoms with Crippen LogP contribution in [-0.4, -0.2) is 19.0 Å². The lowest BCUT2D eigenvalue weighted by Gasteiger charge is -2.11. The molecule has 0 fully saturated rings. The van der Waals surface area contributed by atoms with E-state index in [1.54, 1.807) is 12.3 Å². The Morgan fingerprint density at radius 2 is 2.18 bits per heavy atom. The van der Waals surface area contributed by atoms with Crippen LogP contribution in [0.4, 0.5) is 4.39 Å². The van der Waals surface area contributed by atoms with E-state index in [9.17, 15) is 4.39 Å². The van der Waals surface area contributed by atoms with Crippen LogP contribution < -0.4 is 10.6 Å². The van der Waals surface area contributed by atoms with Crippen molar-refractivity contribution in [2.75, 3.05) is 13.1 Å². The number of furan rings is 1. The van der Waals surface area contributed by atoms with E-state index < -0.39 is 0 Å². The predicted molar refractivity (Wildman–Crippen MR) is 89.3 cm³/mol. The summed E-state index contributed by atoms with van der Waals surface area (Å²) in [5.74, 6) is 1.37. The number of hydrogen-bond acceptors (Lipinski definition) is 2. The molecule has 0 unspecified atom stereocenters. The fourth-order valence-electron chi connectivity index (χ4n) is 1.93. The van der Waals surface area contributed by atoms with Crippen LogP contribution in [0.5, 0.6) is 0 Å². The molecule has 2 N–H and O–H groups in total. The lowest BCUT2D eigenvalue weighted by molar-refractivity contribution is 0.507. The largest absolute Gasteiger partial charge is 0.469 e. The van der Waals surface area contributed by atoms with Crippen molar-refractivity contribution in [1.82, 2.24) is 10.6 Å². The van der Waals surface area contributed by atoms with E-state index in [1.807, 2.05) is 19.1 Å². The minimum Gasteiger partial charge on any atom is -0.469 e. The van der Waals surface area contributed by atoms with Gasteiger partial charge in [-0.15, -0.1) is 0 Å². The number of rotatable bonds is 6. The zero-order chi connectivity index (χ0) is 15.8. The summed E-state index contributed by atoms with van der Waals surface area (Å²) in [6.07, 6.45) is 2.44. The third kappa shape index (κ3) is 5.18. The molecule has 0 saturated heterocycles. The lowest BCUT2D eigenvalue weighted by atomic mass is 10.2. The molecule has 1 aromatic carbocycles. The van der Waals surface area contributed by atoms with Crippen molar-refractivity contribution in [2.45, 2.75) is 19.9 Å². The molecule has 0 bridgehead atoms. The Bertz CT molecular complexity index is 614. The fraction of sp³-hybridized carbons (Fsp3) is 0.312. The summed E-state index contributed by atoms with van der Waals surface area (Å²) in [5, 5.41) is 6.40. The summed E-state index contributed by atoms with van der Waals surface area (Å²) in [7, 11) is 0. The maximum Gasteiger partial charge on any atom is 0.191 e. The summed E-state index contributed by atoms with van der Waals surface area (Å²) in [5.41, 5.74) is 0.809. The van der Waals surface area contributed by atoms with Crippen LogP contribution >= 0.6 is 15.9 Å². The highest BCUT2D eigenvalue weighted by Gasteiger charge is 2.03. The van der Waals surface area contributed by atoms with Gasteiger partial charge in [0.05, 0.1) is 12.8 Å². The zero-order valence-electron chi connectivity index (χ0n) is 12.4. The minimum atomic E-state index is -0.260. The van der Waals surface area contributed by atoms with Gasteiger partial charge >= 0.3 is 0 Å². The molecule has 22 heavy (non-hydrogen) atoms. The molecule has 0 aliphatic rings. The molecule has 0 radical (unpaired) electrons. The third-order valence-corrected chi connectivity index (χ3v) is 3.78. The Hall–Kier alpha value is -1.82. The Balaban J connectivity index is 1.92. The number of nitrogens with zero attached hydrogens (tertiary/aromatic N) is 1. The van der Waals surface area contributed by atoms with Gasteiger partial charge in [-0.2, -0.15) is 0 Å². The highest BCUT2D eigenvalue weighted by atomic mass is 79.9. The molecular weight excluding hydrogens is 349 g/mol. The first kappa shape index (κ1) is 16.5. The quantitative estimate of drug-likeness (QED) is 0.606. The molecule has 0 aliphatic carbocycles. The van der Waals surface area contributed by atoms with Crippen LogP contribution in [0.1, 0.15) is 18.2 Å². The van der Waals surface area contributed by atoms with Crippen molar-refractivity contribution in [3.05, 3.63) is 58.2 Å². The molecule has 2 aromatic rings. The van der Waals surface area contributed by atoms with Gasteiger partial charge in [-0.25, -0.2) is 9.38 Å². The topological polar surface area (TPSA) is 49.6 Å².